The number of alkyl carbamates (subject to hydrolysis) is 1. The van der Waals surface area contributed by atoms with Gasteiger partial charge in [0.25, 0.3) is 0 Å². The number of carbonyl (C=O) groups is 1. The number of aliphatic hydroxyl groups excluding tert-OH is 1. The summed E-state index contributed by atoms with van der Waals surface area (Å²) in [6, 6.07) is 0. The van der Waals surface area contributed by atoms with Gasteiger partial charge in [0, 0.05) is 12.0 Å². The third kappa shape index (κ3) is 3.70. The summed E-state index contributed by atoms with van der Waals surface area (Å²) < 4.78 is 4.79. The van der Waals surface area contributed by atoms with Crippen molar-refractivity contribution in [1.29, 1.82) is 0 Å². The van der Waals surface area contributed by atoms with Crippen LogP contribution in [0.15, 0.2) is 0 Å². The Bertz CT molecular complexity index is 200. The van der Waals surface area contributed by atoms with E-state index < -0.39 is 0 Å². The standard InChI is InChI=1S/C11H21NO3/c1-2-15-10(14)12-8-11(9-13)6-4-3-5-7-11/h13H,2-9H2,1H3,(H,12,14). The maximum absolute atomic E-state index is 11.1. The van der Waals surface area contributed by atoms with Gasteiger partial charge in [0.2, 0.25) is 0 Å². The number of hydrogen-bond donors (Lipinski definition) is 2. The van der Waals surface area contributed by atoms with E-state index in [1.165, 1.54) is 6.42 Å². The lowest BCUT2D eigenvalue weighted by Gasteiger charge is -2.35. The summed E-state index contributed by atoms with van der Waals surface area (Å²) in [4.78, 5) is 11.1. The first-order valence-corrected chi connectivity index (χ1v) is 5.74. The molecule has 0 atom stereocenters. The van der Waals surface area contributed by atoms with Crippen molar-refractivity contribution in [2.45, 2.75) is 39.0 Å². The van der Waals surface area contributed by atoms with E-state index in [1.807, 2.05) is 0 Å². The molecule has 4 heteroatoms. The van der Waals surface area contributed by atoms with Crippen LogP contribution in [0.4, 0.5) is 4.79 Å². The monoisotopic (exact) mass is 215 g/mol. The molecular formula is C11H21NO3. The van der Waals surface area contributed by atoms with Crippen molar-refractivity contribution in [3.8, 4) is 0 Å². The van der Waals surface area contributed by atoms with Gasteiger partial charge in [-0.2, -0.15) is 0 Å². The molecule has 0 unspecified atom stereocenters. The average Bonchev–Trinajstić information content (AvgIpc) is 2.28. The van der Waals surface area contributed by atoms with Crippen LogP contribution in [-0.4, -0.2) is 31.0 Å². The van der Waals surface area contributed by atoms with Crippen LogP contribution in [0.25, 0.3) is 0 Å². The zero-order chi connectivity index (χ0) is 11.1. The third-order valence-corrected chi connectivity index (χ3v) is 3.13. The number of carbonyl (C=O) groups excluding carboxylic acids is 1. The number of amides is 1. The van der Waals surface area contributed by atoms with E-state index in [9.17, 15) is 9.90 Å². The van der Waals surface area contributed by atoms with Crippen molar-refractivity contribution in [2.75, 3.05) is 19.8 Å². The van der Waals surface area contributed by atoms with Crippen LogP contribution in [0.3, 0.4) is 0 Å². The minimum atomic E-state index is -0.379. The van der Waals surface area contributed by atoms with Crippen LogP contribution in [0, 0.1) is 5.41 Å². The highest BCUT2D eigenvalue weighted by molar-refractivity contribution is 5.67. The molecule has 1 aliphatic carbocycles. The first kappa shape index (κ1) is 12.3. The molecule has 88 valence electrons. The van der Waals surface area contributed by atoms with Crippen molar-refractivity contribution in [3.05, 3.63) is 0 Å². The van der Waals surface area contributed by atoms with Gasteiger partial charge in [0.1, 0.15) is 0 Å². The van der Waals surface area contributed by atoms with Crippen molar-refractivity contribution < 1.29 is 14.6 Å². The van der Waals surface area contributed by atoms with E-state index >= 15 is 0 Å². The molecule has 1 saturated carbocycles. The molecule has 1 amide bonds. The van der Waals surface area contributed by atoms with E-state index in [-0.39, 0.29) is 18.1 Å². The third-order valence-electron chi connectivity index (χ3n) is 3.13. The first-order valence-electron chi connectivity index (χ1n) is 5.74. The Labute approximate surface area is 91.0 Å². The first-order chi connectivity index (χ1) is 7.22. The van der Waals surface area contributed by atoms with Crippen LogP contribution in [-0.2, 0) is 4.74 Å². The Morgan fingerprint density at radius 3 is 2.60 bits per heavy atom. The molecule has 1 fully saturated rings. The van der Waals surface area contributed by atoms with E-state index in [4.69, 9.17) is 4.74 Å². The molecule has 0 aliphatic heterocycles. The molecule has 0 aromatic rings. The summed E-state index contributed by atoms with van der Waals surface area (Å²) in [5.41, 5.74) is -0.106. The van der Waals surface area contributed by atoms with E-state index in [1.54, 1.807) is 6.92 Å². The van der Waals surface area contributed by atoms with E-state index in [2.05, 4.69) is 5.32 Å². The van der Waals surface area contributed by atoms with Gasteiger partial charge in [0.15, 0.2) is 0 Å². The molecular weight excluding hydrogens is 194 g/mol. The van der Waals surface area contributed by atoms with Crippen LogP contribution in [0.2, 0.25) is 0 Å². The lowest BCUT2D eigenvalue weighted by atomic mass is 9.74. The average molecular weight is 215 g/mol. The molecule has 2 N–H and O–H groups in total. The number of aliphatic hydroxyl groups is 1. The second-order valence-corrected chi connectivity index (χ2v) is 4.29. The maximum Gasteiger partial charge on any atom is 0.407 e. The van der Waals surface area contributed by atoms with Crippen LogP contribution >= 0.6 is 0 Å². The quantitative estimate of drug-likeness (QED) is 0.750. The van der Waals surface area contributed by atoms with Gasteiger partial charge in [-0.25, -0.2) is 4.79 Å². The molecule has 0 bridgehead atoms. The number of ether oxygens (including phenoxy) is 1. The molecule has 0 saturated heterocycles. The van der Waals surface area contributed by atoms with Crippen LogP contribution < -0.4 is 5.32 Å². The lowest BCUT2D eigenvalue weighted by Crippen LogP contribution is -2.41. The van der Waals surface area contributed by atoms with Crippen LogP contribution in [0.5, 0.6) is 0 Å². The maximum atomic E-state index is 11.1. The van der Waals surface area contributed by atoms with E-state index in [0.29, 0.717) is 13.2 Å². The Balaban J connectivity index is 2.35. The summed E-state index contributed by atoms with van der Waals surface area (Å²) in [6.45, 7) is 2.85. The minimum absolute atomic E-state index is 0.106. The molecule has 0 heterocycles. The van der Waals surface area contributed by atoms with Crippen molar-refractivity contribution >= 4 is 6.09 Å². The molecule has 15 heavy (non-hydrogen) atoms. The molecule has 0 aromatic heterocycles. The summed E-state index contributed by atoms with van der Waals surface area (Å²) >= 11 is 0. The highest BCUT2D eigenvalue weighted by atomic mass is 16.5. The fourth-order valence-corrected chi connectivity index (χ4v) is 2.13. The number of nitrogens with one attached hydrogen (secondary N) is 1. The Kier molecular flexibility index (Phi) is 4.88. The summed E-state index contributed by atoms with van der Waals surface area (Å²) in [7, 11) is 0. The Hall–Kier alpha value is -0.770. The van der Waals surface area contributed by atoms with Gasteiger partial charge in [-0.15, -0.1) is 0 Å². The zero-order valence-electron chi connectivity index (χ0n) is 9.42. The second-order valence-electron chi connectivity index (χ2n) is 4.29. The van der Waals surface area contributed by atoms with Gasteiger partial charge in [-0.1, -0.05) is 19.3 Å². The SMILES string of the molecule is CCOC(=O)NCC1(CO)CCCCC1. The van der Waals surface area contributed by atoms with Gasteiger partial charge in [-0.3, -0.25) is 0 Å². The summed E-state index contributed by atoms with van der Waals surface area (Å²) in [6.07, 6.45) is 5.14. The topological polar surface area (TPSA) is 58.6 Å². The molecule has 0 spiro atoms. The minimum Gasteiger partial charge on any atom is -0.450 e. The lowest BCUT2D eigenvalue weighted by molar-refractivity contribution is 0.0770. The highest BCUT2D eigenvalue weighted by Gasteiger charge is 2.31. The summed E-state index contributed by atoms with van der Waals surface area (Å²) in [5.74, 6) is 0. The van der Waals surface area contributed by atoms with Gasteiger partial charge >= 0.3 is 6.09 Å². The van der Waals surface area contributed by atoms with Gasteiger partial charge in [-0.05, 0) is 19.8 Å². The number of hydrogen-bond acceptors (Lipinski definition) is 3. The molecule has 1 rings (SSSR count). The molecule has 1 aliphatic rings. The summed E-state index contributed by atoms with van der Waals surface area (Å²) in [5, 5.41) is 12.1. The van der Waals surface area contributed by atoms with Gasteiger partial charge in [0.05, 0.1) is 13.2 Å². The Morgan fingerprint density at radius 2 is 2.07 bits per heavy atom. The molecule has 0 radical (unpaired) electrons. The van der Waals surface area contributed by atoms with Crippen molar-refractivity contribution in [3.63, 3.8) is 0 Å². The predicted molar refractivity (Wildman–Crippen MR) is 57.6 cm³/mol. The highest BCUT2D eigenvalue weighted by Crippen LogP contribution is 2.35. The zero-order valence-corrected chi connectivity index (χ0v) is 9.42. The molecule has 4 nitrogen and oxygen atoms in total. The smallest absolute Gasteiger partial charge is 0.407 e. The number of rotatable bonds is 4. The fourth-order valence-electron chi connectivity index (χ4n) is 2.13. The van der Waals surface area contributed by atoms with E-state index in [0.717, 1.165) is 25.7 Å². The second kappa shape index (κ2) is 5.95. The predicted octanol–water partition coefficient (Wildman–Crippen LogP) is 1.68. The van der Waals surface area contributed by atoms with Gasteiger partial charge < -0.3 is 15.2 Å². The Morgan fingerprint density at radius 1 is 1.40 bits per heavy atom. The molecule has 0 aromatic carbocycles. The van der Waals surface area contributed by atoms with Crippen molar-refractivity contribution in [1.82, 2.24) is 5.32 Å². The normalized spacial score (nSPS) is 19.6. The van der Waals surface area contributed by atoms with Crippen molar-refractivity contribution in [2.24, 2.45) is 5.41 Å². The largest absolute Gasteiger partial charge is 0.450 e. The fraction of sp³-hybridized carbons (Fsp3) is 0.909. The van der Waals surface area contributed by atoms with Crippen LogP contribution in [0.1, 0.15) is 39.0 Å².